The van der Waals surface area contributed by atoms with E-state index in [1.165, 1.54) is 0 Å². The van der Waals surface area contributed by atoms with Crippen molar-refractivity contribution in [3.05, 3.63) is 17.0 Å². The Balaban J connectivity index is 0.00000289. The lowest BCUT2D eigenvalue weighted by molar-refractivity contribution is -0.121. The lowest BCUT2D eigenvalue weighted by atomic mass is 10.1. The maximum absolute atomic E-state index is 11.5. The van der Waals surface area contributed by atoms with Gasteiger partial charge in [0.1, 0.15) is 5.76 Å². The van der Waals surface area contributed by atoms with Gasteiger partial charge in [-0.25, -0.2) is 0 Å². The molecule has 6 heteroatoms. The van der Waals surface area contributed by atoms with Crippen molar-refractivity contribution >= 4 is 18.3 Å². The number of hydrogen-bond acceptors (Lipinski definition) is 4. The Labute approximate surface area is 114 Å². The van der Waals surface area contributed by atoms with Crippen LogP contribution >= 0.6 is 12.4 Å². The molecule has 0 saturated heterocycles. The average molecular weight is 276 g/mol. The molecular weight excluding hydrogens is 254 g/mol. The molecule has 18 heavy (non-hydrogen) atoms. The van der Waals surface area contributed by atoms with Crippen LogP contribution in [-0.4, -0.2) is 30.7 Å². The quantitative estimate of drug-likeness (QED) is 0.823. The number of aryl methyl sites for hydroxylation is 2. The summed E-state index contributed by atoms with van der Waals surface area (Å²) in [5.74, 6) is 0.900. The number of halogens is 1. The molecule has 0 bridgehead atoms. The van der Waals surface area contributed by atoms with Crippen molar-refractivity contribution in [2.24, 2.45) is 0 Å². The number of hydrogen-bond donors (Lipinski definition) is 2. The third kappa shape index (κ3) is 5.06. The molecule has 0 aliphatic rings. The first-order chi connectivity index (χ1) is 8.04. The highest BCUT2D eigenvalue weighted by Crippen LogP contribution is 2.14. The summed E-state index contributed by atoms with van der Waals surface area (Å²) in [6, 6.07) is 0.0937. The molecule has 104 valence electrons. The monoisotopic (exact) mass is 275 g/mol. The molecule has 1 unspecified atom stereocenters. The van der Waals surface area contributed by atoms with Gasteiger partial charge >= 0.3 is 0 Å². The first-order valence-electron chi connectivity index (χ1n) is 5.90. The Bertz CT molecular complexity index is 360. The molecular formula is C12H22ClN3O2. The van der Waals surface area contributed by atoms with Crippen LogP contribution in [0.1, 0.15) is 30.4 Å². The normalized spacial score (nSPS) is 11.8. The average Bonchev–Trinajstić information content (AvgIpc) is 2.58. The van der Waals surface area contributed by atoms with Crippen molar-refractivity contribution < 1.29 is 9.32 Å². The highest BCUT2D eigenvalue weighted by molar-refractivity contribution is 5.85. The molecule has 0 radical (unpaired) electrons. The molecule has 0 aromatic carbocycles. The van der Waals surface area contributed by atoms with Crippen LogP contribution in [0, 0.1) is 13.8 Å². The summed E-state index contributed by atoms with van der Waals surface area (Å²) in [4.78, 5) is 11.5. The van der Waals surface area contributed by atoms with E-state index in [4.69, 9.17) is 4.52 Å². The van der Waals surface area contributed by atoms with Crippen molar-refractivity contribution in [2.45, 2.75) is 39.7 Å². The number of carbonyl (C=O) groups excluding carboxylic acids is 1. The van der Waals surface area contributed by atoms with Crippen LogP contribution in [0.25, 0.3) is 0 Å². The van der Waals surface area contributed by atoms with E-state index in [9.17, 15) is 4.79 Å². The van der Waals surface area contributed by atoms with E-state index in [1.54, 1.807) is 0 Å². The van der Waals surface area contributed by atoms with Gasteiger partial charge in [0.05, 0.1) is 5.69 Å². The van der Waals surface area contributed by atoms with Gasteiger partial charge < -0.3 is 15.2 Å². The predicted molar refractivity (Wildman–Crippen MR) is 73.1 cm³/mol. The van der Waals surface area contributed by atoms with Crippen molar-refractivity contribution in [3.63, 3.8) is 0 Å². The minimum absolute atomic E-state index is 0. The fourth-order valence-corrected chi connectivity index (χ4v) is 1.74. The molecule has 2 N–H and O–H groups in total. The first kappa shape index (κ1) is 16.9. The Morgan fingerprint density at radius 2 is 2.11 bits per heavy atom. The van der Waals surface area contributed by atoms with Gasteiger partial charge in [-0.3, -0.25) is 4.79 Å². The summed E-state index contributed by atoms with van der Waals surface area (Å²) in [6.07, 6.45) is 1.26. The number of carbonyl (C=O) groups is 1. The van der Waals surface area contributed by atoms with Crippen LogP contribution in [0.5, 0.6) is 0 Å². The molecule has 1 aromatic heterocycles. The van der Waals surface area contributed by atoms with Crippen LogP contribution in [0.15, 0.2) is 4.52 Å². The van der Waals surface area contributed by atoms with Gasteiger partial charge in [-0.05, 0) is 34.2 Å². The summed E-state index contributed by atoms with van der Waals surface area (Å²) < 4.78 is 5.09. The van der Waals surface area contributed by atoms with E-state index in [-0.39, 0.29) is 24.4 Å². The zero-order chi connectivity index (χ0) is 12.8. The lowest BCUT2D eigenvalue weighted by Crippen LogP contribution is -2.35. The number of rotatable bonds is 6. The smallest absolute Gasteiger partial charge is 0.221 e. The minimum atomic E-state index is 0. The zero-order valence-electron chi connectivity index (χ0n) is 11.4. The van der Waals surface area contributed by atoms with Gasteiger partial charge in [-0.2, -0.15) is 0 Å². The Morgan fingerprint density at radius 3 is 2.61 bits per heavy atom. The van der Waals surface area contributed by atoms with Crippen molar-refractivity contribution in [2.75, 3.05) is 13.6 Å². The summed E-state index contributed by atoms with van der Waals surface area (Å²) in [6.45, 7) is 6.50. The molecule has 1 heterocycles. The molecule has 0 fully saturated rings. The highest BCUT2D eigenvalue weighted by Gasteiger charge is 2.14. The third-order valence-corrected chi connectivity index (χ3v) is 2.70. The van der Waals surface area contributed by atoms with Crippen molar-refractivity contribution in [3.8, 4) is 0 Å². The molecule has 1 atom stereocenters. The molecule has 1 aromatic rings. The van der Waals surface area contributed by atoms with Crippen LogP contribution in [-0.2, 0) is 11.2 Å². The Morgan fingerprint density at radius 1 is 1.44 bits per heavy atom. The van der Waals surface area contributed by atoms with Crippen LogP contribution in [0.3, 0.4) is 0 Å². The van der Waals surface area contributed by atoms with Gasteiger partial charge in [-0.1, -0.05) is 5.16 Å². The third-order valence-electron chi connectivity index (χ3n) is 2.70. The Hall–Kier alpha value is -1.07. The Kier molecular flexibility index (Phi) is 7.62. The summed E-state index contributed by atoms with van der Waals surface area (Å²) >= 11 is 0. The van der Waals surface area contributed by atoms with Crippen molar-refractivity contribution in [1.82, 2.24) is 15.8 Å². The number of aromatic nitrogens is 1. The summed E-state index contributed by atoms with van der Waals surface area (Å²) in [7, 11) is 1.83. The fourth-order valence-electron chi connectivity index (χ4n) is 1.74. The standard InChI is InChI=1S/C12H21N3O2.ClH/c1-8(14-12(16)5-6-13-4)7-11-9(2)15-17-10(11)3;/h8,13H,5-7H2,1-4H3,(H,14,16);1H. The van der Waals surface area contributed by atoms with E-state index >= 15 is 0 Å². The predicted octanol–water partition coefficient (Wildman–Crippen LogP) is 1.37. The zero-order valence-corrected chi connectivity index (χ0v) is 12.2. The largest absolute Gasteiger partial charge is 0.361 e. The molecule has 1 rings (SSSR count). The molecule has 5 nitrogen and oxygen atoms in total. The topological polar surface area (TPSA) is 67.2 Å². The minimum Gasteiger partial charge on any atom is -0.361 e. The molecule has 0 aliphatic carbocycles. The second-order valence-corrected chi connectivity index (χ2v) is 4.33. The van der Waals surface area contributed by atoms with Gasteiger partial charge in [0, 0.05) is 24.6 Å². The molecule has 0 saturated carbocycles. The second-order valence-electron chi connectivity index (χ2n) is 4.33. The highest BCUT2D eigenvalue weighted by atomic mass is 35.5. The number of nitrogens with zero attached hydrogens (tertiary/aromatic N) is 1. The van der Waals surface area contributed by atoms with E-state index in [0.29, 0.717) is 13.0 Å². The molecule has 0 aliphatic heterocycles. The molecule has 0 spiro atoms. The van der Waals surface area contributed by atoms with Crippen molar-refractivity contribution in [1.29, 1.82) is 0 Å². The van der Waals surface area contributed by atoms with E-state index in [0.717, 1.165) is 23.4 Å². The number of amides is 1. The van der Waals surface area contributed by atoms with E-state index < -0.39 is 0 Å². The van der Waals surface area contributed by atoms with Gasteiger partial charge in [0.2, 0.25) is 5.91 Å². The molecule has 1 amide bonds. The van der Waals surface area contributed by atoms with E-state index in [2.05, 4.69) is 15.8 Å². The van der Waals surface area contributed by atoms with E-state index in [1.807, 2.05) is 27.8 Å². The maximum Gasteiger partial charge on any atom is 0.221 e. The van der Waals surface area contributed by atoms with Crippen LogP contribution in [0.4, 0.5) is 0 Å². The fraction of sp³-hybridized carbons (Fsp3) is 0.667. The summed E-state index contributed by atoms with van der Waals surface area (Å²) in [5.41, 5.74) is 1.99. The van der Waals surface area contributed by atoms with Crippen LogP contribution < -0.4 is 10.6 Å². The first-order valence-corrected chi connectivity index (χ1v) is 5.90. The van der Waals surface area contributed by atoms with Gasteiger partial charge in [-0.15, -0.1) is 12.4 Å². The SMILES string of the molecule is CNCCC(=O)NC(C)Cc1c(C)noc1C.Cl. The maximum atomic E-state index is 11.5. The lowest BCUT2D eigenvalue weighted by Gasteiger charge is -2.13. The van der Waals surface area contributed by atoms with Crippen LogP contribution in [0.2, 0.25) is 0 Å². The second kappa shape index (κ2) is 8.11. The summed E-state index contributed by atoms with van der Waals surface area (Å²) in [5, 5.41) is 9.81. The van der Waals surface area contributed by atoms with Gasteiger partial charge in [0.25, 0.3) is 0 Å². The van der Waals surface area contributed by atoms with Gasteiger partial charge in [0.15, 0.2) is 0 Å². The number of nitrogens with one attached hydrogen (secondary N) is 2.